The second-order valence-corrected chi connectivity index (χ2v) is 17.5. The van der Waals surface area contributed by atoms with Crippen LogP contribution in [0.4, 0.5) is 22.0 Å². The van der Waals surface area contributed by atoms with Crippen molar-refractivity contribution in [2.75, 3.05) is 18.1 Å². The van der Waals surface area contributed by atoms with Crippen LogP contribution >= 0.6 is 0 Å². The van der Waals surface area contributed by atoms with Crippen molar-refractivity contribution < 1.29 is 75.2 Å². The molecule has 0 unspecified atom stereocenters. The van der Waals surface area contributed by atoms with Gasteiger partial charge in [-0.05, 0) is 49.1 Å². The van der Waals surface area contributed by atoms with Crippen LogP contribution < -0.4 is 9.30 Å². The Morgan fingerprint density at radius 3 is 1.67 bits per heavy atom. The largest absolute Gasteiger partial charge is 0.748 e. The lowest BCUT2D eigenvalue weighted by molar-refractivity contribution is -0.645. The van der Waals surface area contributed by atoms with Crippen LogP contribution in [0, 0.1) is 29.1 Å². The predicted molar refractivity (Wildman–Crippen MR) is 189 cm³/mol. The minimum absolute atomic E-state index is 0.0270. The van der Waals surface area contributed by atoms with Crippen LogP contribution in [0.25, 0.3) is 21.8 Å². The Labute approximate surface area is 322 Å². The normalized spacial score (nSPS) is 12.3. The first-order valence-corrected chi connectivity index (χ1v) is 21.4. The minimum Gasteiger partial charge on any atom is -0.748 e. The molecule has 13 nitrogen and oxygen atoms in total. The number of esters is 1. The van der Waals surface area contributed by atoms with Crippen LogP contribution in [0.1, 0.15) is 41.6 Å². The molecule has 5 aromatic rings. The summed E-state index contributed by atoms with van der Waals surface area (Å²) >= 11 is 0. The predicted octanol–water partition coefficient (Wildman–Crippen LogP) is 4.61. The van der Waals surface area contributed by atoms with Crippen molar-refractivity contribution in [2.45, 2.75) is 43.5 Å². The second-order valence-electron chi connectivity index (χ2n) is 12.5. The molecule has 0 aliphatic carbocycles. The summed E-state index contributed by atoms with van der Waals surface area (Å²) in [4.78, 5) is 26.3. The maximum Gasteiger partial charge on any atom is 0.311 e. The van der Waals surface area contributed by atoms with Gasteiger partial charge in [0.25, 0.3) is 15.9 Å². The van der Waals surface area contributed by atoms with Gasteiger partial charge >= 0.3 is 5.97 Å². The monoisotopic (exact) mass is 857 g/mol. The highest BCUT2D eigenvalue weighted by Gasteiger charge is 2.34. The van der Waals surface area contributed by atoms with Gasteiger partial charge in [-0.15, -0.1) is 0 Å². The number of carbonyl (C=O) groups is 2. The number of pyridine rings is 1. The number of para-hydroxylation sites is 2. The van der Waals surface area contributed by atoms with Gasteiger partial charge in [-0.1, -0.05) is 36.4 Å². The van der Waals surface area contributed by atoms with E-state index in [1.54, 1.807) is 41.0 Å². The highest BCUT2D eigenvalue weighted by molar-refractivity contribution is 7.89. The van der Waals surface area contributed by atoms with E-state index in [4.69, 9.17) is 0 Å². The topological polar surface area (TPSA) is 199 Å². The summed E-state index contributed by atoms with van der Waals surface area (Å²) in [6.07, 6.45) is -1.27. The number of ether oxygens (including phenoxy) is 1. The highest BCUT2D eigenvalue weighted by atomic mass is 32.2. The Kier molecular flexibility index (Phi) is 13.0. The molecule has 5 rings (SSSR count). The Balaban J connectivity index is 1.43. The third-order valence-corrected chi connectivity index (χ3v) is 12.0. The van der Waals surface area contributed by atoms with E-state index in [9.17, 15) is 65.9 Å². The standard InChI is InChI=1S/C36H31F5N2O11S3/c37-30-31(38)33(40)35(34(41)32(30)39)54-28(44)13-5-8-22-14-16-23(17-15-22)57(52,53)43(19-7-21-56(49,50)51)36(45)29-24-9-1-3-11-26(24)42(18-6-20-55(46,47)48)27-12-4-2-10-25(27)29/h1-4,9-12,14-17H,5-8,13,18-21H2,(H-,46,47,48,49,50,51)/p-1. The molecule has 0 fully saturated rings. The number of amides is 1. The molecule has 0 aliphatic rings. The number of benzene rings is 4. The molecule has 304 valence electrons. The Morgan fingerprint density at radius 1 is 0.649 bits per heavy atom. The lowest BCUT2D eigenvalue weighted by Gasteiger charge is -2.24. The Hall–Kier alpha value is -5.09. The fourth-order valence-corrected chi connectivity index (χ4v) is 8.44. The summed E-state index contributed by atoms with van der Waals surface area (Å²) < 4.78 is 171. The SMILES string of the molecule is O=C(CCCc1ccc(S(=O)(=O)N(CCCS(=O)(=O)[O-])C(=O)c2c3ccccc3[n+](CCCS(=O)(=O)[O-])c3ccccc23)cc1)Oc1c(F)c(F)c(F)c(F)c1F. The van der Waals surface area contributed by atoms with Gasteiger partial charge in [-0.2, -0.15) is 13.3 Å². The number of hydrogen-bond donors (Lipinski definition) is 0. The molecule has 0 saturated heterocycles. The first kappa shape index (κ1) is 43.0. The van der Waals surface area contributed by atoms with Gasteiger partial charge in [0.1, 0.15) is 0 Å². The van der Waals surface area contributed by atoms with Crippen molar-refractivity contribution in [3.05, 3.63) is 113 Å². The van der Waals surface area contributed by atoms with Gasteiger partial charge in [0.2, 0.25) is 45.9 Å². The molecular formula is C36H30F5N2O11S3-. The average Bonchev–Trinajstić information content (AvgIpc) is 3.15. The molecule has 57 heavy (non-hydrogen) atoms. The van der Waals surface area contributed by atoms with Gasteiger partial charge in [0, 0.05) is 43.0 Å². The van der Waals surface area contributed by atoms with Gasteiger partial charge < -0.3 is 13.8 Å². The number of carbonyl (C=O) groups excluding carboxylic acids is 2. The van der Waals surface area contributed by atoms with E-state index in [2.05, 4.69) is 4.74 Å². The molecule has 1 aromatic heterocycles. The number of sulfonamides is 1. The second kappa shape index (κ2) is 17.2. The summed E-state index contributed by atoms with van der Waals surface area (Å²) in [5.41, 5.74) is 1.05. The minimum atomic E-state index is -4.83. The van der Waals surface area contributed by atoms with Gasteiger partial charge in [0.05, 0.1) is 41.5 Å². The number of halogens is 5. The summed E-state index contributed by atoms with van der Waals surface area (Å²) in [5, 5.41) is 0.466. The molecule has 0 saturated carbocycles. The van der Waals surface area contributed by atoms with Gasteiger partial charge in [-0.25, -0.2) is 42.7 Å². The lowest BCUT2D eigenvalue weighted by atomic mass is 10.0. The molecule has 0 atom stereocenters. The number of fused-ring (bicyclic) bond motifs is 2. The van der Waals surface area contributed by atoms with E-state index >= 15 is 0 Å². The zero-order chi connectivity index (χ0) is 41.9. The molecule has 0 N–H and O–H groups in total. The number of aromatic nitrogens is 1. The van der Waals surface area contributed by atoms with Crippen LogP contribution in [0.5, 0.6) is 5.75 Å². The molecule has 1 heterocycles. The summed E-state index contributed by atoms with van der Waals surface area (Å²) in [6.45, 7) is -0.715. The highest BCUT2D eigenvalue weighted by Crippen LogP contribution is 2.31. The van der Waals surface area contributed by atoms with E-state index in [0.29, 0.717) is 20.9 Å². The van der Waals surface area contributed by atoms with Crippen molar-refractivity contribution in [1.29, 1.82) is 0 Å². The van der Waals surface area contributed by atoms with E-state index in [1.807, 2.05) is 0 Å². The Morgan fingerprint density at radius 2 is 1.14 bits per heavy atom. The zero-order valence-electron chi connectivity index (χ0n) is 29.3. The molecule has 0 aliphatic heterocycles. The van der Waals surface area contributed by atoms with Crippen molar-refractivity contribution in [3.63, 3.8) is 0 Å². The fourth-order valence-electron chi connectivity index (χ4n) is 6.06. The number of hydrogen-bond acceptors (Lipinski definition) is 11. The molecule has 0 radical (unpaired) electrons. The van der Waals surface area contributed by atoms with Crippen LogP contribution in [-0.2, 0) is 48.0 Å². The van der Waals surface area contributed by atoms with Crippen LogP contribution in [0.15, 0.2) is 77.7 Å². The zero-order valence-corrected chi connectivity index (χ0v) is 31.7. The van der Waals surface area contributed by atoms with Crippen molar-refractivity contribution in [3.8, 4) is 5.75 Å². The van der Waals surface area contributed by atoms with E-state index in [1.165, 1.54) is 24.3 Å². The fraction of sp³-hybridized carbons (Fsp3) is 0.250. The van der Waals surface area contributed by atoms with Crippen LogP contribution in [0.2, 0.25) is 0 Å². The number of rotatable bonds is 16. The van der Waals surface area contributed by atoms with E-state index in [0.717, 1.165) is 12.1 Å². The maximum absolute atomic E-state index is 14.5. The molecule has 4 aromatic carbocycles. The van der Waals surface area contributed by atoms with Crippen molar-refractivity contribution in [1.82, 2.24) is 4.31 Å². The number of aryl methyl sites for hydroxylation is 2. The summed E-state index contributed by atoms with van der Waals surface area (Å²) in [5.74, 6) is -17.5. The van der Waals surface area contributed by atoms with Gasteiger partial charge in [-0.3, -0.25) is 9.59 Å². The molecule has 21 heteroatoms. The van der Waals surface area contributed by atoms with Crippen molar-refractivity contribution in [2.24, 2.45) is 0 Å². The summed E-state index contributed by atoms with van der Waals surface area (Å²) in [6, 6.07) is 17.5. The molecule has 0 bridgehead atoms. The van der Waals surface area contributed by atoms with E-state index < -0.39 is 113 Å². The quantitative estimate of drug-likeness (QED) is 0.0196. The van der Waals surface area contributed by atoms with Crippen LogP contribution in [-0.4, -0.2) is 68.6 Å². The maximum atomic E-state index is 14.5. The first-order chi connectivity index (χ1) is 26.7. The van der Waals surface area contributed by atoms with E-state index in [-0.39, 0.29) is 42.1 Å². The van der Waals surface area contributed by atoms with Gasteiger partial charge in [0.15, 0.2) is 6.54 Å². The molecular weight excluding hydrogens is 828 g/mol. The summed E-state index contributed by atoms with van der Waals surface area (Å²) in [7, 11) is -14.2. The first-order valence-electron chi connectivity index (χ1n) is 16.8. The number of nitrogens with zero attached hydrogens (tertiary/aromatic N) is 2. The Bertz CT molecular complexity index is 2630. The van der Waals surface area contributed by atoms with Crippen molar-refractivity contribution >= 4 is 63.9 Å². The molecule has 0 spiro atoms. The molecule has 1 amide bonds. The third-order valence-electron chi connectivity index (χ3n) is 8.64. The lowest BCUT2D eigenvalue weighted by Crippen LogP contribution is -2.41. The third kappa shape index (κ3) is 9.90. The average molecular weight is 858 g/mol. The smallest absolute Gasteiger partial charge is 0.311 e. The van der Waals surface area contributed by atoms with Crippen LogP contribution in [0.3, 0.4) is 0 Å².